The lowest BCUT2D eigenvalue weighted by atomic mass is 10.1. The van der Waals surface area contributed by atoms with Crippen molar-refractivity contribution in [2.45, 2.75) is 12.8 Å². The number of amides is 1. The van der Waals surface area contributed by atoms with Crippen molar-refractivity contribution in [2.24, 2.45) is 0 Å². The van der Waals surface area contributed by atoms with E-state index in [4.69, 9.17) is 12.2 Å². The Morgan fingerprint density at radius 2 is 2.36 bits per heavy atom. The first-order valence-corrected chi connectivity index (χ1v) is 4.87. The van der Waals surface area contributed by atoms with Gasteiger partial charge in [0.2, 0.25) is 5.91 Å². The molecule has 1 amide bonds. The zero-order valence-corrected chi connectivity index (χ0v) is 7.50. The van der Waals surface area contributed by atoms with Crippen molar-refractivity contribution in [1.82, 2.24) is 4.90 Å². The number of rotatable bonds is 1. The Morgan fingerprint density at radius 3 is 2.73 bits per heavy atom. The number of thioether (sulfide) groups is 1. The van der Waals surface area contributed by atoms with Crippen molar-refractivity contribution in [3.63, 3.8) is 0 Å². The first-order chi connectivity index (χ1) is 5.29. The van der Waals surface area contributed by atoms with Gasteiger partial charge in [-0.25, -0.2) is 0 Å². The third-order valence-electron chi connectivity index (χ3n) is 1.82. The van der Waals surface area contributed by atoms with E-state index in [1.54, 1.807) is 4.90 Å². The van der Waals surface area contributed by atoms with E-state index >= 15 is 0 Å². The Hall–Kier alpha value is -0.350. The van der Waals surface area contributed by atoms with Gasteiger partial charge in [0.15, 0.2) is 0 Å². The molecule has 1 fully saturated rings. The highest BCUT2D eigenvalue weighted by molar-refractivity contribution is 8.24. The molecule has 0 bridgehead atoms. The van der Waals surface area contributed by atoms with Gasteiger partial charge in [0.1, 0.15) is 4.32 Å². The first kappa shape index (κ1) is 7.31. The molecule has 0 unspecified atom stereocenters. The summed E-state index contributed by atoms with van der Waals surface area (Å²) in [5.41, 5.74) is 1.10. The van der Waals surface area contributed by atoms with Gasteiger partial charge < -0.3 is 0 Å². The van der Waals surface area contributed by atoms with E-state index in [0.717, 1.165) is 22.9 Å². The topological polar surface area (TPSA) is 20.3 Å². The van der Waals surface area contributed by atoms with Gasteiger partial charge in [0.25, 0.3) is 0 Å². The van der Waals surface area contributed by atoms with E-state index in [1.165, 1.54) is 11.8 Å². The van der Waals surface area contributed by atoms with Crippen molar-refractivity contribution in [2.75, 3.05) is 5.75 Å². The molecule has 1 aliphatic heterocycles. The van der Waals surface area contributed by atoms with Gasteiger partial charge in [-0.1, -0.05) is 30.1 Å². The molecule has 1 aliphatic carbocycles. The summed E-state index contributed by atoms with van der Waals surface area (Å²) >= 11 is 6.48. The molecule has 0 spiro atoms. The van der Waals surface area contributed by atoms with Crippen LogP contribution < -0.4 is 0 Å². The van der Waals surface area contributed by atoms with Crippen molar-refractivity contribution in [3.05, 3.63) is 11.8 Å². The lowest BCUT2D eigenvalue weighted by Gasteiger charge is -2.23. The molecule has 58 valence electrons. The fourth-order valence-corrected chi connectivity index (χ4v) is 2.23. The Kier molecular flexibility index (Phi) is 1.73. The van der Waals surface area contributed by atoms with Crippen LogP contribution in [0.5, 0.6) is 0 Å². The van der Waals surface area contributed by atoms with E-state index < -0.39 is 0 Å². The molecule has 1 saturated heterocycles. The number of allylic oxidation sites excluding steroid dienone is 2. The lowest BCUT2D eigenvalue weighted by Crippen LogP contribution is -2.29. The molecule has 11 heavy (non-hydrogen) atoms. The summed E-state index contributed by atoms with van der Waals surface area (Å²) in [6, 6.07) is 0. The van der Waals surface area contributed by atoms with E-state index in [-0.39, 0.29) is 5.91 Å². The maximum Gasteiger partial charge on any atom is 0.242 e. The zero-order chi connectivity index (χ0) is 7.84. The maximum atomic E-state index is 11.2. The Morgan fingerprint density at radius 1 is 1.64 bits per heavy atom. The van der Waals surface area contributed by atoms with Gasteiger partial charge in [-0.05, 0) is 12.8 Å². The molecule has 0 aromatic rings. The van der Waals surface area contributed by atoms with E-state index in [9.17, 15) is 4.79 Å². The van der Waals surface area contributed by atoms with Gasteiger partial charge in [-0.3, -0.25) is 9.69 Å². The number of carbonyl (C=O) groups is 1. The quantitative estimate of drug-likeness (QED) is 0.578. The minimum atomic E-state index is 0.144. The monoisotopic (exact) mass is 185 g/mol. The third kappa shape index (κ3) is 1.10. The van der Waals surface area contributed by atoms with Crippen LogP contribution in [0.2, 0.25) is 0 Å². The number of hydrogen-bond donors (Lipinski definition) is 0. The van der Waals surface area contributed by atoms with Crippen LogP contribution in [0.3, 0.4) is 0 Å². The molecule has 0 radical (unpaired) electrons. The smallest absolute Gasteiger partial charge is 0.242 e. The number of thiocarbonyl (C=S) groups is 1. The normalized spacial score (nSPS) is 23.6. The van der Waals surface area contributed by atoms with Gasteiger partial charge in [-0.15, -0.1) is 0 Å². The molecule has 4 heteroatoms. The van der Waals surface area contributed by atoms with E-state index in [2.05, 4.69) is 6.08 Å². The number of carbonyl (C=O) groups excluding carboxylic acids is 1. The van der Waals surface area contributed by atoms with Crippen molar-refractivity contribution in [3.8, 4) is 0 Å². The highest BCUT2D eigenvalue weighted by atomic mass is 32.2. The number of nitrogens with zero attached hydrogens (tertiary/aromatic N) is 1. The molecule has 2 nitrogen and oxygen atoms in total. The third-order valence-corrected chi connectivity index (χ3v) is 3.18. The molecule has 0 saturated carbocycles. The van der Waals surface area contributed by atoms with Crippen LogP contribution in [0.25, 0.3) is 0 Å². The van der Waals surface area contributed by atoms with Crippen molar-refractivity contribution >= 4 is 34.2 Å². The molecular formula is C7H7NOS2. The Labute approximate surface area is 74.6 Å². The van der Waals surface area contributed by atoms with Crippen molar-refractivity contribution < 1.29 is 4.79 Å². The SMILES string of the molecule is O=C1CSC(=S)N1C1=CCC1. The van der Waals surface area contributed by atoms with Crippen LogP contribution >= 0.6 is 24.0 Å². The fourth-order valence-electron chi connectivity index (χ4n) is 1.11. The summed E-state index contributed by atoms with van der Waals surface area (Å²) in [6.45, 7) is 0. The molecule has 0 aromatic heterocycles. The average molecular weight is 185 g/mol. The molecule has 2 rings (SSSR count). The van der Waals surface area contributed by atoms with Gasteiger partial charge in [0.05, 0.1) is 5.75 Å². The lowest BCUT2D eigenvalue weighted by molar-refractivity contribution is -0.122. The second kappa shape index (κ2) is 2.60. The molecular weight excluding hydrogens is 178 g/mol. The molecule has 0 N–H and O–H groups in total. The van der Waals surface area contributed by atoms with Gasteiger partial charge >= 0.3 is 0 Å². The minimum Gasteiger partial charge on any atom is -0.273 e. The molecule has 2 aliphatic rings. The summed E-state index contributed by atoms with van der Waals surface area (Å²) in [6.07, 6.45) is 4.16. The highest BCUT2D eigenvalue weighted by Crippen LogP contribution is 2.30. The Bertz CT molecular complexity index is 243. The van der Waals surface area contributed by atoms with Gasteiger partial charge in [0, 0.05) is 5.70 Å². The summed E-state index contributed by atoms with van der Waals surface area (Å²) < 4.78 is 0.723. The first-order valence-electron chi connectivity index (χ1n) is 3.48. The standard InChI is InChI=1S/C7H7NOS2/c9-6-4-11-7(10)8(6)5-2-1-3-5/h2H,1,3-4H2. The second-order valence-corrected chi connectivity index (χ2v) is 4.13. The van der Waals surface area contributed by atoms with Crippen LogP contribution in [-0.4, -0.2) is 20.9 Å². The second-order valence-electron chi connectivity index (χ2n) is 2.52. The summed E-state index contributed by atoms with van der Waals surface area (Å²) in [7, 11) is 0. The van der Waals surface area contributed by atoms with Crippen LogP contribution in [-0.2, 0) is 4.79 Å². The predicted molar refractivity (Wildman–Crippen MR) is 49.2 cm³/mol. The van der Waals surface area contributed by atoms with Crippen LogP contribution in [0.4, 0.5) is 0 Å². The zero-order valence-electron chi connectivity index (χ0n) is 5.87. The summed E-state index contributed by atoms with van der Waals surface area (Å²) in [5, 5.41) is 0. The highest BCUT2D eigenvalue weighted by Gasteiger charge is 2.30. The summed E-state index contributed by atoms with van der Waals surface area (Å²) in [4.78, 5) is 12.9. The molecule has 1 heterocycles. The fraction of sp³-hybridized carbons (Fsp3) is 0.429. The predicted octanol–water partition coefficient (Wildman–Crippen LogP) is 1.52. The summed E-state index contributed by atoms with van der Waals surface area (Å²) in [5.74, 6) is 0.668. The van der Waals surface area contributed by atoms with Crippen LogP contribution in [0, 0.1) is 0 Å². The Balaban J connectivity index is 2.22. The molecule has 0 atom stereocenters. The van der Waals surface area contributed by atoms with Crippen molar-refractivity contribution in [1.29, 1.82) is 0 Å². The number of hydrogen-bond acceptors (Lipinski definition) is 3. The maximum absolute atomic E-state index is 11.2. The van der Waals surface area contributed by atoms with Gasteiger partial charge in [-0.2, -0.15) is 0 Å². The average Bonchev–Trinajstić information content (AvgIpc) is 2.15. The van der Waals surface area contributed by atoms with E-state index in [1.807, 2.05) is 0 Å². The van der Waals surface area contributed by atoms with Crippen LogP contribution in [0.1, 0.15) is 12.8 Å². The van der Waals surface area contributed by atoms with Crippen LogP contribution in [0.15, 0.2) is 11.8 Å². The largest absolute Gasteiger partial charge is 0.273 e. The molecule has 0 aromatic carbocycles. The van der Waals surface area contributed by atoms with E-state index in [0.29, 0.717) is 5.75 Å². The minimum absolute atomic E-state index is 0.144.